The second kappa shape index (κ2) is 7.32. The standard InChI is InChI=1S/C22H20ClN3/c1-16(18-7-3-2-4-8-18)24-14-17-11-12-19(23)22(13-17)26-15-25-20-9-5-6-10-21(20)26/h2-13,15-16,24H,14H2,1H3/t16-/m1/s1. The van der Waals surface area contributed by atoms with Gasteiger partial charge in [-0.15, -0.1) is 0 Å². The lowest BCUT2D eigenvalue weighted by atomic mass is 10.1. The molecular weight excluding hydrogens is 342 g/mol. The highest BCUT2D eigenvalue weighted by atomic mass is 35.5. The molecule has 0 saturated heterocycles. The third-order valence-electron chi connectivity index (χ3n) is 4.64. The summed E-state index contributed by atoms with van der Waals surface area (Å²) in [7, 11) is 0. The molecule has 4 rings (SSSR count). The SMILES string of the molecule is C[C@@H](NCc1ccc(Cl)c(-n2cnc3ccccc32)c1)c1ccccc1. The molecule has 0 spiro atoms. The van der Waals surface area contributed by atoms with Crippen LogP contribution in [0.3, 0.4) is 0 Å². The first kappa shape index (κ1) is 16.8. The number of hydrogen-bond acceptors (Lipinski definition) is 2. The van der Waals surface area contributed by atoms with Crippen LogP contribution in [0.4, 0.5) is 0 Å². The molecule has 1 N–H and O–H groups in total. The van der Waals surface area contributed by atoms with Crippen LogP contribution in [0.15, 0.2) is 79.1 Å². The topological polar surface area (TPSA) is 29.9 Å². The maximum atomic E-state index is 6.48. The molecule has 26 heavy (non-hydrogen) atoms. The van der Waals surface area contributed by atoms with Crippen molar-refractivity contribution in [3.8, 4) is 5.69 Å². The largest absolute Gasteiger partial charge is 0.306 e. The van der Waals surface area contributed by atoms with Crippen molar-refractivity contribution in [3.63, 3.8) is 0 Å². The van der Waals surface area contributed by atoms with Crippen LogP contribution >= 0.6 is 11.6 Å². The predicted octanol–water partition coefficient (Wildman–Crippen LogP) is 5.53. The van der Waals surface area contributed by atoms with E-state index in [1.165, 1.54) is 11.1 Å². The van der Waals surface area contributed by atoms with E-state index in [2.05, 4.69) is 59.7 Å². The van der Waals surface area contributed by atoms with E-state index in [-0.39, 0.29) is 6.04 Å². The summed E-state index contributed by atoms with van der Waals surface area (Å²) in [5.41, 5.74) is 5.43. The first-order chi connectivity index (χ1) is 12.7. The number of aromatic nitrogens is 2. The molecule has 0 saturated carbocycles. The molecule has 1 atom stereocenters. The van der Waals surface area contributed by atoms with Crippen molar-refractivity contribution < 1.29 is 0 Å². The van der Waals surface area contributed by atoms with Gasteiger partial charge in [0.05, 0.1) is 21.7 Å². The van der Waals surface area contributed by atoms with E-state index in [9.17, 15) is 0 Å². The summed E-state index contributed by atoms with van der Waals surface area (Å²) in [5.74, 6) is 0. The van der Waals surface area contributed by atoms with Gasteiger partial charge in [-0.1, -0.05) is 60.1 Å². The van der Waals surface area contributed by atoms with Crippen molar-refractivity contribution in [2.24, 2.45) is 0 Å². The number of nitrogens with zero attached hydrogens (tertiary/aromatic N) is 2. The normalized spacial score (nSPS) is 12.4. The van der Waals surface area contributed by atoms with E-state index in [1.807, 2.05) is 41.2 Å². The Morgan fingerprint density at radius 1 is 1.00 bits per heavy atom. The first-order valence-electron chi connectivity index (χ1n) is 8.71. The van der Waals surface area contributed by atoms with Crippen LogP contribution in [-0.2, 0) is 6.54 Å². The molecule has 0 bridgehead atoms. The Bertz CT molecular complexity index is 1020. The minimum Gasteiger partial charge on any atom is -0.306 e. The highest BCUT2D eigenvalue weighted by molar-refractivity contribution is 6.32. The Hall–Kier alpha value is -2.62. The van der Waals surface area contributed by atoms with E-state index < -0.39 is 0 Å². The maximum Gasteiger partial charge on any atom is 0.100 e. The Kier molecular flexibility index (Phi) is 4.74. The Morgan fingerprint density at radius 3 is 2.62 bits per heavy atom. The summed E-state index contributed by atoms with van der Waals surface area (Å²) in [6.07, 6.45) is 1.83. The molecule has 0 unspecified atom stereocenters. The summed E-state index contributed by atoms with van der Waals surface area (Å²) in [6, 6.07) is 25.0. The number of fused-ring (bicyclic) bond motifs is 1. The third kappa shape index (κ3) is 3.36. The van der Waals surface area contributed by atoms with Crippen molar-refractivity contribution in [1.82, 2.24) is 14.9 Å². The van der Waals surface area contributed by atoms with Crippen molar-refractivity contribution in [3.05, 3.63) is 95.3 Å². The lowest BCUT2D eigenvalue weighted by Gasteiger charge is -2.15. The summed E-state index contributed by atoms with van der Waals surface area (Å²) < 4.78 is 2.04. The fourth-order valence-electron chi connectivity index (χ4n) is 3.13. The fraction of sp³-hybridized carbons (Fsp3) is 0.136. The van der Waals surface area contributed by atoms with Gasteiger partial charge in [0.1, 0.15) is 6.33 Å². The Balaban J connectivity index is 1.59. The molecule has 0 radical (unpaired) electrons. The van der Waals surface area contributed by atoms with Gasteiger partial charge >= 0.3 is 0 Å². The minimum absolute atomic E-state index is 0.282. The van der Waals surface area contributed by atoms with E-state index >= 15 is 0 Å². The van der Waals surface area contributed by atoms with Crippen LogP contribution in [-0.4, -0.2) is 9.55 Å². The molecule has 3 nitrogen and oxygen atoms in total. The molecule has 1 aromatic heterocycles. The molecule has 1 heterocycles. The van der Waals surface area contributed by atoms with Crippen molar-refractivity contribution >= 4 is 22.6 Å². The summed E-state index contributed by atoms with van der Waals surface area (Å²) in [6.45, 7) is 2.95. The van der Waals surface area contributed by atoms with Gasteiger partial charge in [-0.05, 0) is 42.3 Å². The van der Waals surface area contributed by atoms with Gasteiger partial charge in [0, 0.05) is 12.6 Å². The molecular formula is C22H20ClN3. The van der Waals surface area contributed by atoms with Crippen molar-refractivity contribution in [1.29, 1.82) is 0 Å². The number of para-hydroxylation sites is 2. The van der Waals surface area contributed by atoms with Gasteiger partial charge in [-0.2, -0.15) is 0 Å². The van der Waals surface area contributed by atoms with Crippen LogP contribution < -0.4 is 5.32 Å². The summed E-state index contributed by atoms with van der Waals surface area (Å²) in [5, 5.41) is 4.29. The molecule has 0 aliphatic rings. The fourth-order valence-corrected chi connectivity index (χ4v) is 3.34. The van der Waals surface area contributed by atoms with Crippen LogP contribution in [0.2, 0.25) is 5.02 Å². The monoisotopic (exact) mass is 361 g/mol. The average Bonchev–Trinajstić information content (AvgIpc) is 3.12. The highest BCUT2D eigenvalue weighted by Crippen LogP contribution is 2.26. The van der Waals surface area contributed by atoms with Crippen molar-refractivity contribution in [2.75, 3.05) is 0 Å². The number of nitrogens with one attached hydrogen (secondary N) is 1. The van der Waals surface area contributed by atoms with Crippen LogP contribution in [0.5, 0.6) is 0 Å². The highest BCUT2D eigenvalue weighted by Gasteiger charge is 2.10. The van der Waals surface area contributed by atoms with E-state index in [1.54, 1.807) is 0 Å². The van der Waals surface area contributed by atoms with Gasteiger partial charge in [-0.3, -0.25) is 4.57 Å². The predicted molar refractivity (Wildman–Crippen MR) is 108 cm³/mol. The molecule has 0 fully saturated rings. The summed E-state index contributed by atoms with van der Waals surface area (Å²) in [4.78, 5) is 4.47. The zero-order valence-corrected chi connectivity index (χ0v) is 15.3. The zero-order valence-electron chi connectivity index (χ0n) is 14.6. The van der Waals surface area contributed by atoms with E-state index in [4.69, 9.17) is 11.6 Å². The molecule has 0 aliphatic heterocycles. The second-order valence-corrected chi connectivity index (χ2v) is 6.81. The van der Waals surface area contributed by atoms with Crippen LogP contribution in [0, 0.1) is 0 Å². The minimum atomic E-state index is 0.282. The van der Waals surface area contributed by atoms with Gasteiger partial charge in [-0.25, -0.2) is 4.98 Å². The Labute approximate surface area is 158 Å². The molecule has 4 aromatic rings. The van der Waals surface area contributed by atoms with Gasteiger partial charge in [0.2, 0.25) is 0 Å². The molecule has 130 valence electrons. The quantitative estimate of drug-likeness (QED) is 0.506. The second-order valence-electron chi connectivity index (χ2n) is 6.40. The third-order valence-corrected chi connectivity index (χ3v) is 4.96. The Morgan fingerprint density at radius 2 is 1.77 bits per heavy atom. The zero-order chi connectivity index (χ0) is 17.9. The van der Waals surface area contributed by atoms with E-state index in [0.717, 1.165) is 23.3 Å². The lowest BCUT2D eigenvalue weighted by Crippen LogP contribution is -2.18. The molecule has 0 amide bonds. The lowest BCUT2D eigenvalue weighted by molar-refractivity contribution is 0.574. The molecule has 4 heteroatoms. The molecule has 3 aromatic carbocycles. The van der Waals surface area contributed by atoms with Crippen molar-refractivity contribution in [2.45, 2.75) is 19.5 Å². The van der Waals surface area contributed by atoms with Crippen LogP contribution in [0.1, 0.15) is 24.1 Å². The van der Waals surface area contributed by atoms with Gasteiger partial charge < -0.3 is 5.32 Å². The number of hydrogen-bond donors (Lipinski definition) is 1. The first-order valence-corrected chi connectivity index (χ1v) is 9.09. The van der Waals surface area contributed by atoms with Gasteiger partial charge in [0.15, 0.2) is 0 Å². The number of imidazole rings is 1. The number of rotatable bonds is 5. The smallest absolute Gasteiger partial charge is 0.100 e. The number of benzene rings is 3. The maximum absolute atomic E-state index is 6.48. The summed E-state index contributed by atoms with van der Waals surface area (Å²) >= 11 is 6.48. The van der Waals surface area contributed by atoms with E-state index in [0.29, 0.717) is 5.02 Å². The van der Waals surface area contributed by atoms with Gasteiger partial charge in [0.25, 0.3) is 0 Å². The molecule has 0 aliphatic carbocycles. The van der Waals surface area contributed by atoms with Crippen LogP contribution in [0.25, 0.3) is 16.7 Å². The number of halogens is 1. The average molecular weight is 362 g/mol.